The van der Waals surface area contributed by atoms with Gasteiger partial charge in [-0.1, -0.05) is 51.1 Å². The monoisotopic (exact) mass is 582 g/mol. The Morgan fingerprint density at radius 1 is 1.24 bits per heavy atom. The standard InChI is InChI=1S/C33H46N2O5S/c1-8-10-11-16-40-32(39)26-25-18-23(7)33(41-25)27(26)30(37)35(24(19-36)17-20(3)4)29(33)31(38)34(15-9-2)28-21(5)13-12-14-22(28)6/h8-9,12-14,20,23-27,29,36H,1-2,10-11,15-19H2,3-7H3/t23?,24-,25+,26-,27+,29?,33?/m1/s1. The predicted octanol–water partition coefficient (Wildman–Crippen LogP) is 5.08. The number of hydrogen-bond acceptors (Lipinski definition) is 6. The molecule has 3 unspecified atom stereocenters. The van der Waals surface area contributed by atoms with Crippen molar-refractivity contribution in [2.75, 3.05) is 24.7 Å². The third-order valence-electron chi connectivity index (χ3n) is 9.12. The smallest absolute Gasteiger partial charge is 0.310 e. The number of aryl methyl sites for hydroxylation is 2. The molecule has 3 saturated heterocycles. The molecule has 41 heavy (non-hydrogen) atoms. The number of allylic oxidation sites excluding steroid dienone is 1. The van der Waals surface area contributed by atoms with Crippen molar-refractivity contribution >= 4 is 35.2 Å². The number of unbranched alkanes of at least 4 members (excludes halogenated alkanes) is 1. The number of hydrogen-bond donors (Lipinski definition) is 1. The van der Waals surface area contributed by atoms with Gasteiger partial charge in [0, 0.05) is 17.5 Å². The van der Waals surface area contributed by atoms with Gasteiger partial charge >= 0.3 is 5.97 Å². The van der Waals surface area contributed by atoms with Crippen LogP contribution < -0.4 is 4.90 Å². The van der Waals surface area contributed by atoms with Crippen molar-refractivity contribution in [1.82, 2.24) is 4.90 Å². The minimum Gasteiger partial charge on any atom is -0.465 e. The van der Waals surface area contributed by atoms with Crippen LogP contribution in [-0.2, 0) is 19.1 Å². The third-order valence-corrected chi connectivity index (χ3v) is 11.2. The number of rotatable bonds is 13. The normalized spacial score (nSPS) is 29.0. The molecule has 7 nitrogen and oxygen atoms in total. The van der Waals surface area contributed by atoms with E-state index in [1.165, 1.54) is 0 Å². The van der Waals surface area contributed by atoms with E-state index in [0.29, 0.717) is 12.8 Å². The molecule has 1 aromatic carbocycles. The number of amides is 2. The third kappa shape index (κ3) is 5.38. The number of thioether (sulfide) groups is 1. The molecule has 3 aliphatic heterocycles. The van der Waals surface area contributed by atoms with Gasteiger partial charge in [-0.05, 0) is 62.5 Å². The number of carbonyl (C=O) groups excluding carboxylic acids is 3. The first-order valence-corrected chi connectivity index (χ1v) is 15.8. The summed E-state index contributed by atoms with van der Waals surface area (Å²) < 4.78 is 4.92. The van der Waals surface area contributed by atoms with E-state index < -0.39 is 28.7 Å². The second-order valence-corrected chi connectivity index (χ2v) is 13.9. The highest BCUT2D eigenvalue weighted by atomic mass is 32.2. The van der Waals surface area contributed by atoms with Crippen molar-refractivity contribution in [3.8, 4) is 0 Å². The van der Waals surface area contributed by atoms with E-state index in [4.69, 9.17) is 4.74 Å². The van der Waals surface area contributed by atoms with E-state index in [9.17, 15) is 19.5 Å². The molecule has 7 atom stereocenters. The van der Waals surface area contributed by atoms with E-state index in [0.717, 1.165) is 29.7 Å². The SMILES string of the molecule is C=CCCCOC(=O)[C@@H]1[C@@H]2CC(C)C3(S2)C(C(=O)N(CC=C)c2c(C)cccc2C)N([C@@H](CO)CC(C)C)C(=O)[C@H]13. The highest BCUT2D eigenvalue weighted by Crippen LogP contribution is 2.69. The molecule has 3 aliphatic rings. The van der Waals surface area contributed by atoms with Crippen LogP contribution in [0.4, 0.5) is 5.69 Å². The summed E-state index contributed by atoms with van der Waals surface area (Å²) in [6.45, 7) is 18.1. The summed E-state index contributed by atoms with van der Waals surface area (Å²) in [7, 11) is 0. The van der Waals surface area contributed by atoms with Gasteiger partial charge in [0.05, 0.1) is 35.8 Å². The van der Waals surface area contributed by atoms with Crippen LogP contribution in [0.15, 0.2) is 43.5 Å². The molecule has 224 valence electrons. The molecule has 0 aliphatic carbocycles. The zero-order valence-electron chi connectivity index (χ0n) is 25.2. The summed E-state index contributed by atoms with van der Waals surface area (Å²) in [6.07, 6.45) is 6.22. The van der Waals surface area contributed by atoms with Crippen LogP contribution in [0.5, 0.6) is 0 Å². The van der Waals surface area contributed by atoms with E-state index in [-0.39, 0.29) is 54.6 Å². The van der Waals surface area contributed by atoms with Crippen molar-refractivity contribution in [2.45, 2.75) is 82.4 Å². The Labute approximate surface area is 249 Å². The lowest BCUT2D eigenvalue weighted by molar-refractivity contribution is -0.155. The molecule has 0 radical (unpaired) electrons. The predicted molar refractivity (Wildman–Crippen MR) is 165 cm³/mol. The molecule has 3 heterocycles. The van der Waals surface area contributed by atoms with Gasteiger partial charge in [-0.3, -0.25) is 14.4 Å². The molecule has 0 aromatic heterocycles. The lowest BCUT2D eigenvalue weighted by Crippen LogP contribution is -2.59. The number of ether oxygens (including phenoxy) is 1. The zero-order chi connectivity index (χ0) is 30.1. The Morgan fingerprint density at radius 2 is 1.93 bits per heavy atom. The fourth-order valence-corrected chi connectivity index (χ4v) is 9.91. The number of likely N-dealkylation sites (tertiary alicyclic amines) is 1. The van der Waals surface area contributed by atoms with Gasteiger partial charge in [-0.2, -0.15) is 0 Å². The largest absolute Gasteiger partial charge is 0.465 e. The van der Waals surface area contributed by atoms with Crippen LogP contribution in [-0.4, -0.2) is 69.6 Å². The van der Waals surface area contributed by atoms with Gasteiger partial charge in [0.2, 0.25) is 5.91 Å². The number of carbonyl (C=O) groups is 3. The maximum atomic E-state index is 15.0. The Balaban J connectivity index is 1.83. The highest BCUT2D eigenvalue weighted by Gasteiger charge is 2.77. The number of fused-ring (bicyclic) bond motifs is 1. The summed E-state index contributed by atoms with van der Waals surface area (Å²) in [5.41, 5.74) is 2.74. The summed E-state index contributed by atoms with van der Waals surface area (Å²) >= 11 is 1.63. The molecule has 1 N–H and O–H groups in total. The van der Waals surface area contributed by atoms with Crippen LogP contribution in [0.3, 0.4) is 0 Å². The fourth-order valence-electron chi connectivity index (χ4n) is 7.52. The molecule has 0 saturated carbocycles. The van der Waals surface area contributed by atoms with Crippen LogP contribution >= 0.6 is 11.8 Å². The topological polar surface area (TPSA) is 87.2 Å². The summed E-state index contributed by atoms with van der Waals surface area (Å²) in [4.78, 5) is 46.5. The number of nitrogens with zero attached hydrogens (tertiary/aromatic N) is 2. The summed E-state index contributed by atoms with van der Waals surface area (Å²) in [5, 5.41) is 10.5. The van der Waals surface area contributed by atoms with Crippen LogP contribution in [0.25, 0.3) is 0 Å². The van der Waals surface area contributed by atoms with E-state index in [2.05, 4.69) is 20.1 Å². The number of benzene rings is 1. The van der Waals surface area contributed by atoms with Crippen molar-refractivity contribution < 1.29 is 24.2 Å². The Bertz CT molecular complexity index is 1160. The number of esters is 1. The quantitative estimate of drug-likeness (QED) is 0.198. The van der Waals surface area contributed by atoms with Crippen molar-refractivity contribution in [3.05, 3.63) is 54.6 Å². The first kappa shape index (κ1) is 31.4. The Kier molecular flexibility index (Phi) is 9.74. The van der Waals surface area contributed by atoms with Crippen LogP contribution in [0.2, 0.25) is 0 Å². The lowest BCUT2D eigenvalue weighted by Gasteiger charge is -2.42. The van der Waals surface area contributed by atoms with Crippen molar-refractivity contribution in [1.29, 1.82) is 0 Å². The van der Waals surface area contributed by atoms with Gasteiger partial charge in [0.15, 0.2) is 0 Å². The maximum absolute atomic E-state index is 15.0. The van der Waals surface area contributed by atoms with Crippen LogP contribution in [0.1, 0.15) is 57.6 Å². The lowest BCUT2D eigenvalue weighted by atomic mass is 9.66. The van der Waals surface area contributed by atoms with Gasteiger partial charge in [0.1, 0.15) is 6.04 Å². The molecule has 2 bridgehead atoms. The Hall–Kier alpha value is -2.58. The average molecular weight is 583 g/mol. The first-order valence-electron chi connectivity index (χ1n) is 14.9. The molecule has 1 aromatic rings. The first-order chi connectivity index (χ1) is 19.5. The highest BCUT2D eigenvalue weighted by molar-refractivity contribution is 8.02. The van der Waals surface area contributed by atoms with Gasteiger partial charge < -0.3 is 19.6 Å². The van der Waals surface area contributed by atoms with E-state index >= 15 is 0 Å². The second-order valence-electron chi connectivity index (χ2n) is 12.3. The number of anilines is 1. The molecule has 4 rings (SSSR count). The number of para-hydroxylation sites is 1. The minimum absolute atomic E-state index is 0.0251. The summed E-state index contributed by atoms with van der Waals surface area (Å²) in [5.74, 6) is -1.81. The molecule has 2 amide bonds. The number of aliphatic hydroxyl groups is 1. The molecule has 1 spiro atoms. The average Bonchev–Trinajstić information content (AvgIpc) is 3.52. The summed E-state index contributed by atoms with van der Waals surface area (Å²) in [6, 6.07) is 4.58. The molecule has 3 fully saturated rings. The van der Waals surface area contributed by atoms with Crippen molar-refractivity contribution in [2.24, 2.45) is 23.7 Å². The van der Waals surface area contributed by atoms with Gasteiger partial charge in [0.25, 0.3) is 5.91 Å². The van der Waals surface area contributed by atoms with E-state index in [1.54, 1.807) is 33.7 Å². The van der Waals surface area contributed by atoms with E-state index in [1.807, 2.05) is 45.9 Å². The minimum atomic E-state index is -0.821. The van der Waals surface area contributed by atoms with Gasteiger partial charge in [-0.25, -0.2) is 0 Å². The van der Waals surface area contributed by atoms with Crippen LogP contribution in [0, 0.1) is 37.5 Å². The second kappa shape index (κ2) is 12.7. The van der Waals surface area contributed by atoms with Gasteiger partial charge in [-0.15, -0.1) is 24.9 Å². The molecule has 8 heteroatoms. The number of aliphatic hydroxyl groups excluding tert-OH is 1. The molecular weight excluding hydrogens is 536 g/mol. The maximum Gasteiger partial charge on any atom is 0.310 e. The zero-order valence-corrected chi connectivity index (χ0v) is 26.0. The fraction of sp³-hybridized carbons (Fsp3) is 0.606. The van der Waals surface area contributed by atoms with Crippen molar-refractivity contribution in [3.63, 3.8) is 0 Å². The Morgan fingerprint density at radius 3 is 2.51 bits per heavy atom. The molecular formula is C33H46N2O5S.